The molecule has 1 amide bonds. The number of nitrogens with one attached hydrogen (secondary N) is 1. The molecule has 0 radical (unpaired) electrons. The molecule has 3 rings (SSSR count). The SMILES string of the molecule is CCc1nn(C)c(NC(=O)c2ccc(N3CCN(C)CC3)cc2)c1C. The molecule has 1 saturated heterocycles. The average molecular weight is 341 g/mol. The molecule has 1 aromatic heterocycles. The predicted molar refractivity (Wildman–Crippen MR) is 101 cm³/mol. The summed E-state index contributed by atoms with van der Waals surface area (Å²) in [7, 11) is 4.01. The van der Waals surface area contributed by atoms with Crippen molar-refractivity contribution in [1.82, 2.24) is 14.7 Å². The number of anilines is 2. The summed E-state index contributed by atoms with van der Waals surface area (Å²) in [6.45, 7) is 8.26. The fourth-order valence-corrected chi connectivity index (χ4v) is 3.26. The van der Waals surface area contributed by atoms with Gasteiger partial charge >= 0.3 is 0 Å². The van der Waals surface area contributed by atoms with Crippen LogP contribution in [-0.4, -0.2) is 53.8 Å². The molecule has 0 atom stereocenters. The second-order valence-electron chi connectivity index (χ2n) is 6.69. The van der Waals surface area contributed by atoms with Crippen LogP contribution in [0.15, 0.2) is 24.3 Å². The van der Waals surface area contributed by atoms with E-state index in [2.05, 4.69) is 34.2 Å². The summed E-state index contributed by atoms with van der Waals surface area (Å²) in [6.07, 6.45) is 0.856. The van der Waals surface area contributed by atoms with Crippen LogP contribution in [0.3, 0.4) is 0 Å². The van der Waals surface area contributed by atoms with Gasteiger partial charge in [0, 0.05) is 50.0 Å². The Morgan fingerprint density at radius 1 is 1.12 bits per heavy atom. The van der Waals surface area contributed by atoms with E-state index < -0.39 is 0 Å². The summed E-state index contributed by atoms with van der Waals surface area (Å²) in [5.41, 5.74) is 3.89. The van der Waals surface area contributed by atoms with E-state index in [4.69, 9.17) is 0 Å². The number of rotatable bonds is 4. The lowest BCUT2D eigenvalue weighted by Gasteiger charge is -2.34. The van der Waals surface area contributed by atoms with Crippen LogP contribution < -0.4 is 10.2 Å². The Morgan fingerprint density at radius 2 is 1.76 bits per heavy atom. The third kappa shape index (κ3) is 3.69. The van der Waals surface area contributed by atoms with Crippen molar-refractivity contribution in [2.45, 2.75) is 20.3 Å². The molecular weight excluding hydrogens is 314 g/mol. The standard InChI is InChI=1S/C19H27N5O/c1-5-17-14(2)18(23(4)21-17)20-19(25)15-6-8-16(9-7-15)24-12-10-22(3)11-13-24/h6-9H,5,10-13H2,1-4H3,(H,20,25). The lowest BCUT2D eigenvalue weighted by molar-refractivity contribution is 0.102. The van der Waals surface area contributed by atoms with E-state index in [0.29, 0.717) is 5.56 Å². The number of piperazine rings is 1. The number of carbonyl (C=O) groups is 1. The van der Waals surface area contributed by atoms with Gasteiger partial charge in [0.05, 0.1) is 5.69 Å². The van der Waals surface area contributed by atoms with Crippen molar-refractivity contribution < 1.29 is 4.79 Å². The Kier molecular flexibility index (Phi) is 5.08. The zero-order valence-electron chi connectivity index (χ0n) is 15.5. The molecule has 0 aliphatic carbocycles. The van der Waals surface area contributed by atoms with E-state index in [1.807, 2.05) is 38.2 Å². The largest absolute Gasteiger partial charge is 0.369 e. The van der Waals surface area contributed by atoms with Crippen molar-refractivity contribution in [2.75, 3.05) is 43.4 Å². The molecule has 1 fully saturated rings. The number of hydrogen-bond acceptors (Lipinski definition) is 4. The van der Waals surface area contributed by atoms with Gasteiger partial charge in [-0.3, -0.25) is 9.48 Å². The number of aromatic nitrogens is 2. The maximum Gasteiger partial charge on any atom is 0.256 e. The zero-order chi connectivity index (χ0) is 18.0. The minimum atomic E-state index is -0.0984. The Bertz CT molecular complexity index is 742. The summed E-state index contributed by atoms with van der Waals surface area (Å²) in [4.78, 5) is 17.3. The number of hydrogen-bond donors (Lipinski definition) is 1. The van der Waals surface area contributed by atoms with Gasteiger partial charge in [-0.1, -0.05) is 6.92 Å². The molecule has 1 aliphatic heterocycles. The van der Waals surface area contributed by atoms with Gasteiger partial charge in [-0.2, -0.15) is 5.10 Å². The van der Waals surface area contributed by atoms with Gasteiger partial charge in [0.25, 0.3) is 5.91 Å². The summed E-state index contributed by atoms with van der Waals surface area (Å²) < 4.78 is 1.74. The fraction of sp³-hybridized carbons (Fsp3) is 0.474. The van der Waals surface area contributed by atoms with Crippen LogP contribution in [0, 0.1) is 6.92 Å². The second-order valence-corrected chi connectivity index (χ2v) is 6.69. The predicted octanol–water partition coefficient (Wildman–Crippen LogP) is 2.30. The number of aryl methyl sites for hydroxylation is 2. The van der Waals surface area contributed by atoms with Crippen LogP contribution in [0.25, 0.3) is 0 Å². The van der Waals surface area contributed by atoms with Crippen molar-refractivity contribution in [2.24, 2.45) is 7.05 Å². The molecular formula is C19H27N5O. The van der Waals surface area contributed by atoms with Crippen molar-refractivity contribution >= 4 is 17.4 Å². The summed E-state index contributed by atoms with van der Waals surface area (Å²) >= 11 is 0. The normalized spacial score (nSPS) is 15.4. The first-order chi connectivity index (χ1) is 12.0. The minimum Gasteiger partial charge on any atom is -0.369 e. The number of likely N-dealkylation sites (N-methyl/N-ethyl adjacent to an activating group) is 1. The number of benzene rings is 1. The quantitative estimate of drug-likeness (QED) is 0.927. The van der Waals surface area contributed by atoms with Crippen LogP contribution in [0.5, 0.6) is 0 Å². The van der Waals surface area contributed by atoms with Crippen LogP contribution >= 0.6 is 0 Å². The van der Waals surface area contributed by atoms with E-state index >= 15 is 0 Å². The Hall–Kier alpha value is -2.34. The third-order valence-corrected chi connectivity index (χ3v) is 4.95. The van der Waals surface area contributed by atoms with Crippen LogP contribution in [-0.2, 0) is 13.5 Å². The molecule has 0 bridgehead atoms. The highest BCUT2D eigenvalue weighted by atomic mass is 16.1. The molecule has 2 heterocycles. The topological polar surface area (TPSA) is 53.4 Å². The highest BCUT2D eigenvalue weighted by Gasteiger charge is 2.17. The molecule has 0 unspecified atom stereocenters. The zero-order valence-corrected chi connectivity index (χ0v) is 15.5. The van der Waals surface area contributed by atoms with Crippen molar-refractivity contribution in [3.8, 4) is 0 Å². The van der Waals surface area contributed by atoms with E-state index in [1.54, 1.807) is 4.68 Å². The molecule has 0 spiro atoms. The summed E-state index contributed by atoms with van der Waals surface area (Å²) in [6, 6.07) is 7.87. The van der Waals surface area contributed by atoms with Crippen LogP contribution in [0.1, 0.15) is 28.5 Å². The van der Waals surface area contributed by atoms with Gasteiger partial charge in [-0.25, -0.2) is 0 Å². The van der Waals surface area contributed by atoms with E-state index in [1.165, 1.54) is 5.69 Å². The molecule has 1 aromatic carbocycles. The molecule has 2 aromatic rings. The maximum absolute atomic E-state index is 12.6. The molecule has 6 nitrogen and oxygen atoms in total. The van der Waals surface area contributed by atoms with Gasteiger partial charge in [-0.05, 0) is 44.7 Å². The van der Waals surface area contributed by atoms with E-state index in [9.17, 15) is 4.79 Å². The number of nitrogens with zero attached hydrogens (tertiary/aromatic N) is 4. The molecule has 1 aliphatic rings. The maximum atomic E-state index is 12.6. The van der Waals surface area contributed by atoms with Gasteiger partial charge < -0.3 is 15.1 Å². The highest BCUT2D eigenvalue weighted by Crippen LogP contribution is 2.21. The summed E-state index contributed by atoms with van der Waals surface area (Å²) in [5, 5.41) is 7.44. The molecule has 134 valence electrons. The van der Waals surface area contributed by atoms with Gasteiger partial charge in [0.15, 0.2) is 0 Å². The minimum absolute atomic E-state index is 0.0984. The van der Waals surface area contributed by atoms with Crippen molar-refractivity contribution in [3.63, 3.8) is 0 Å². The molecule has 0 saturated carbocycles. The van der Waals surface area contributed by atoms with Gasteiger partial charge in [0.1, 0.15) is 5.82 Å². The lowest BCUT2D eigenvalue weighted by atomic mass is 10.1. The van der Waals surface area contributed by atoms with Crippen LogP contribution in [0.4, 0.5) is 11.5 Å². The van der Waals surface area contributed by atoms with E-state index in [-0.39, 0.29) is 5.91 Å². The number of amides is 1. The Morgan fingerprint density at radius 3 is 2.32 bits per heavy atom. The van der Waals surface area contributed by atoms with Crippen molar-refractivity contribution in [1.29, 1.82) is 0 Å². The first-order valence-corrected chi connectivity index (χ1v) is 8.87. The lowest BCUT2D eigenvalue weighted by Crippen LogP contribution is -2.44. The monoisotopic (exact) mass is 341 g/mol. The molecule has 1 N–H and O–H groups in total. The first kappa shape index (κ1) is 17.5. The highest BCUT2D eigenvalue weighted by molar-refractivity contribution is 6.04. The average Bonchev–Trinajstić information content (AvgIpc) is 2.90. The Balaban J connectivity index is 1.70. The molecule has 6 heteroatoms. The first-order valence-electron chi connectivity index (χ1n) is 8.87. The van der Waals surface area contributed by atoms with E-state index in [0.717, 1.165) is 49.7 Å². The van der Waals surface area contributed by atoms with Crippen LogP contribution in [0.2, 0.25) is 0 Å². The van der Waals surface area contributed by atoms with Gasteiger partial charge in [-0.15, -0.1) is 0 Å². The summed E-state index contributed by atoms with van der Waals surface area (Å²) in [5.74, 6) is 0.670. The van der Waals surface area contributed by atoms with Crippen molar-refractivity contribution in [3.05, 3.63) is 41.1 Å². The number of carbonyl (C=O) groups excluding carboxylic acids is 1. The van der Waals surface area contributed by atoms with Gasteiger partial charge in [0.2, 0.25) is 0 Å². The Labute approximate surface area is 149 Å². The second kappa shape index (κ2) is 7.27. The molecule has 25 heavy (non-hydrogen) atoms. The third-order valence-electron chi connectivity index (χ3n) is 4.95. The smallest absolute Gasteiger partial charge is 0.256 e. The fourth-order valence-electron chi connectivity index (χ4n) is 3.26.